The van der Waals surface area contributed by atoms with Crippen molar-refractivity contribution in [2.24, 2.45) is 0 Å². The van der Waals surface area contributed by atoms with Crippen LogP contribution in [0.25, 0.3) is 0 Å². The van der Waals surface area contributed by atoms with Crippen LogP contribution in [0.2, 0.25) is 0 Å². The summed E-state index contributed by atoms with van der Waals surface area (Å²) in [5.41, 5.74) is 0. The van der Waals surface area contributed by atoms with Crippen LogP contribution in [-0.2, 0) is 20.2 Å². The maximum Gasteiger partial charge on any atom is 0.298 e. The van der Waals surface area contributed by atoms with Gasteiger partial charge in [0.15, 0.2) is 0 Å². The average molecular weight is 316 g/mol. The maximum atomic E-state index is 10.6. The van der Waals surface area contributed by atoms with Gasteiger partial charge in [0.1, 0.15) is 21.3 Å². The van der Waals surface area contributed by atoms with Crippen molar-refractivity contribution >= 4 is 79.4 Å². The van der Waals surface area contributed by atoms with E-state index in [9.17, 15) is 16.8 Å². The van der Waals surface area contributed by atoms with Crippen LogP contribution in [0.3, 0.4) is 0 Å². The summed E-state index contributed by atoms with van der Waals surface area (Å²) < 4.78 is 59.7. The summed E-state index contributed by atoms with van der Waals surface area (Å²) in [5.74, 6) is -2.24. The Labute approximate surface area is 147 Å². The van der Waals surface area contributed by atoms with E-state index in [0.717, 1.165) is 0 Å². The van der Waals surface area contributed by atoms with Crippen LogP contribution in [0, 0.1) is 0 Å². The molecule has 0 unspecified atom stereocenters. The van der Waals surface area contributed by atoms with E-state index in [1.807, 2.05) is 0 Å². The fourth-order valence-corrected chi connectivity index (χ4v) is 2.12. The molecule has 0 amide bonds. The summed E-state index contributed by atoms with van der Waals surface area (Å²) in [6.45, 7) is 0. The van der Waals surface area contributed by atoms with Crippen molar-refractivity contribution in [3.8, 4) is 11.5 Å². The van der Waals surface area contributed by atoms with Crippen molar-refractivity contribution in [3.63, 3.8) is 0 Å². The van der Waals surface area contributed by atoms with Gasteiger partial charge in [-0.25, -0.2) is 0 Å². The molecule has 2 radical (unpaired) electrons. The van der Waals surface area contributed by atoms with Gasteiger partial charge in [-0.1, -0.05) is 0 Å². The van der Waals surface area contributed by atoms with E-state index < -0.39 is 41.5 Å². The Bertz CT molecular complexity index is 578. The van der Waals surface area contributed by atoms with Crippen LogP contribution in [-0.4, -0.2) is 95.3 Å². The Morgan fingerprint density at radius 1 is 0.722 bits per heavy atom. The van der Waals surface area contributed by atoms with E-state index in [1.54, 1.807) is 0 Å². The summed E-state index contributed by atoms with van der Waals surface area (Å²) in [6.07, 6.45) is 0. The van der Waals surface area contributed by atoms with Crippen molar-refractivity contribution < 1.29 is 36.2 Å². The quantitative estimate of drug-likeness (QED) is 0.303. The number of phenols is 2. The molecule has 1 aromatic carbocycles. The van der Waals surface area contributed by atoms with Gasteiger partial charge in [0, 0.05) is 71.2 Å². The molecule has 8 nitrogen and oxygen atoms in total. The molecule has 0 saturated heterocycles. The van der Waals surface area contributed by atoms with Crippen molar-refractivity contribution in [1.29, 1.82) is 0 Å². The van der Waals surface area contributed by atoms with Gasteiger partial charge in [0.25, 0.3) is 20.2 Å². The normalized spacial score (nSPS) is 11.2. The predicted octanol–water partition coefficient (Wildman–Crippen LogP) is -1.17. The minimum atomic E-state index is -4.80. The first-order valence-corrected chi connectivity index (χ1v) is 6.42. The number of hydrogen-bond donors (Lipinski definition) is 4. The van der Waals surface area contributed by atoms with Gasteiger partial charge in [-0.15, -0.1) is 0 Å². The average Bonchev–Trinajstić information content (AvgIpc) is 2.04. The topological polar surface area (TPSA) is 149 Å². The predicted molar refractivity (Wildman–Crippen MR) is 60.9 cm³/mol. The van der Waals surface area contributed by atoms with Crippen LogP contribution >= 0.6 is 0 Å². The molecular weight excluding hydrogens is 310 g/mol. The van der Waals surface area contributed by atoms with Gasteiger partial charge >= 0.3 is 0 Å². The van der Waals surface area contributed by atoms with E-state index in [1.165, 1.54) is 0 Å². The summed E-state index contributed by atoms with van der Waals surface area (Å²) in [4.78, 5) is -2.14. The minimum absolute atomic E-state index is 0. The Kier molecular flexibility index (Phi) is 8.01. The van der Waals surface area contributed by atoms with Crippen molar-refractivity contribution in [3.05, 3.63) is 12.1 Å². The minimum Gasteiger partial charge on any atom is -0.506 e. The fourth-order valence-electron chi connectivity index (χ4n) is 0.952. The molecule has 0 aromatic heterocycles. The van der Waals surface area contributed by atoms with E-state index in [2.05, 4.69) is 0 Å². The number of rotatable bonds is 2. The molecule has 0 aliphatic heterocycles. The molecule has 1 aromatic rings. The smallest absolute Gasteiger partial charge is 0.298 e. The molecule has 0 spiro atoms. The zero-order valence-corrected chi connectivity index (χ0v) is 15.0. The molecule has 12 heteroatoms. The van der Waals surface area contributed by atoms with Crippen LogP contribution in [0.15, 0.2) is 21.9 Å². The second kappa shape index (κ2) is 6.88. The molecule has 18 heavy (non-hydrogen) atoms. The third-order valence-electron chi connectivity index (χ3n) is 1.60. The molecule has 0 aliphatic rings. The third kappa shape index (κ3) is 4.96. The van der Waals surface area contributed by atoms with E-state index in [-0.39, 0.29) is 59.1 Å². The van der Waals surface area contributed by atoms with Crippen molar-refractivity contribution in [2.45, 2.75) is 9.79 Å². The van der Waals surface area contributed by atoms with Gasteiger partial charge in [0.05, 0.1) is 0 Å². The zero-order valence-electron chi connectivity index (χ0n) is 9.39. The van der Waals surface area contributed by atoms with Crippen LogP contribution in [0.4, 0.5) is 0 Å². The number of benzene rings is 1. The first-order chi connectivity index (χ1) is 7.03. The molecule has 0 atom stereocenters. The summed E-state index contributed by atoms with van der Waals surface area (Å²) >= 11 is 0. The van der Waals surface area contributed by atoms with E-state index >= 15 is 0 Å². The molecule has 0 heterocycles. The van der Waals surface area contributed by atoms with E-state index in [4.69, 9.17) is 19.3 Å². The fraction of sp³-hybridized carbons (Fsp3) is 0. The molecule has 0 aliphatic carbocycles. The number of aromatic hydroxyl groups is 2. The van der Waals surface area contributed by atoms with Gasteiger partial charge in [-0.2, -0.15) is 16.8 Å². The summed E-state index contributed by atoms with van der Waals surface area (Å²) in [5, 5.41) is 18.2. The Balaban J connectivity index is 0. The second-order valence-electron chi connectivity index (χ2n) is 2.74. The zero-order chi connectivity index (χ0) is 12.7. The number of phenolic OH excluding ortho intramolecular Hbond substituents is 2. The van der Waals surface area contributed by atoms with Gasteiger partial charge in [-0.3, -0.25) is 9.11 Å². The largest absolute Gasteiger partial charge is 0.506 e. The monoisotopic (exact) mass is 316 g/mol. The number of hydrogen-bond acceptors (Lipinski definition) is 6. The SMILES string of the molecule is O=S(=O)(O)c1cc(O)c(S(=O)(=O)O)cc1O.[Na].[Na]. The van der Waals surface area contributed by atoms with Crippen molar-refractivity contribution in [2.75, 3.05) is 0 Å². The second-order valence-corrected chi connectivity index (χ2v) is 5.52. The summed E-state index contributed by atoms with van der Waals surface area (Å²) in [7, 11) is -9.61. The van der Waals surface area contributed by atoms with Crippen molar-refractivity contribution in [1.82, 2.24) is 0 Å². The van der Waals surface area contributed by atoms with Crippen LogP contribution in [0.5, 0.6) is 11.5 Å². The van der Waals surface area contributed by atoms with Gasteiger partial charge < -0.3 is 10.2 Å². The Morgan fingerprint density at radius 2 is 0.944 bits per heavy atom. The summed E-state index contributed by atoms with van der Waals surface area (Å²) in [6, 6.07) is 0.599. The maximum absolute atomic E-state index is 10.6. The first-order valence-electron chi connectivity index (χ1n) is 3.54. The molecule has 4 N–H and O–H groups in total. The Morgan fingerprint density at radius 3 is 1.11 bits per heavy atom. The molecule has 0 fully saturated rings. The molecule has 0 saturated carbocycles. The molecular formula is C6H6Na2O8S2. The third-order valence-corrected chi connectivity index (χ3v) is 3.36. The van der Waals surface area contributed by atoms with Crippen LogP contribution in [0.1, 0.15) is 0 Å². The van der Waals surface area contributed by atoms with Gasteiger partial charge in [0.2, 0.25) is 0 Å². The molecule has 1 rings (SSSR count). The molecule has 0 bridgehead atoms. The Hall–Kier alpha value is 0.640. The van der Waals surface area contributed by atoms with Gasteiger partial charge in [-0.05, 0) is 0 Å². The first kappa shape index (κ1) is 20.9. The standard InChI is InChI=1S/C6H6O8S2.2Na/c7-3-1-5(15(9,10)11)4(8)2-6(3)16(12,13)14;;/h1-2,7-8H,(H,9,10,11)(H,12,13,14);;. The van der Waals surface area contributed by atoms with E-state index in [0.29, 0.717) is 12.1 Å². The molecule has 92 valence electrons. The van der Waals surface area contributed by atoms with Crippen LogP contribution < -0.4 is 0 Å².